The van der Waals surface area contributed by atoms with Gasteiger partial charge in [-0.2, -0.15) is 0 Å². The van der Waals surface area contributed by atoms with E-state index in [4.69, 9.17) is 4.74 Å². The van der Waals surface area contributed by atoms with E-state index in [0.717, 1.165) is 17.1 Å². The van der Waals surface area contributed by atoms with E-state index >= 15 is 0 Å². The van der Waals surface area contributed by atoms with E-state index in [1.807, 2.05) is 54.6 Å². The van der Waals surface area contributed by atoms with Gasteiger partial charge in [0.1, 0.15) is 11.5 Å². The number of nitrogens with zero attached hydrogens (tertiary/aromatic N) is 1. The molecule has 2 aromatic carbocycles. The largest absolute Gasteiger partial charge is 0.457 e. The van der Waals surface area contributed by atoms with Crippen LogP contribution in [0.1, 0.15) is 12.0 Å². The molecule has 0 bridgehead atoms. The smallest absolute Gasteiger partial charge is 0.223 e. The fourth-order valence-electron chi connectivity index (χ4n) is 2.00. The van der Waals surface area contributed by atoms with Crippen LogP contribution in [-0.2, 0) is 11.3 Å². The normalized spacial score (nSPS) is 10.3. The van der Waals surface area contributed by atoms with Crippen molar-refractivity contribution in [2.75, 3.05) is 20.6 Å². The number of para-hydroxylation sites is 1. The Balaban J connectivity index is 1.83. The van der Waals surface area contributed by atoms with Gasteiger partial charge < -0.3 is 15.0 Å². The van der Waals surface area contributed by atoms with Crippen molar-refractivity contribution in [3.8, 4) is 11.5 Å². The number of carbonyl (C=O) groups is 1. The summed E-state index contributed by atoms with van der Waals surface area (Å²) in [5.41, 5.74) is 1.13. The summed E-state index contributed by atoms with van der Waals surface area (Å²) in [6.07, 6.45) is 0.507. The molecule has 1 N–H and O–H groups in total. The molecule has 4 nitrogen and oxygen atoms in total. The number of hydrogen-bond donors (Lipinski definition) is 1. The van der Waals surface area contributed by atoms with Gasteiger partial charge in [-0.25, -0.2) is 0 Å². The van der Waals surface area contributed by atoms with Crippen LogP contribution in [0, 0.1) is 0 Å². The van der Waals surface area contributed by atoms with Crippen molar-refractivity contribution < 1.29 is 9.53 Å². The minimum Gasteiger partial charge on any atom is -0.457 e. The van der Waals surface area contributed by atoms with Gasteiger partial charge in [0, 0.05) is 33.6 Å². The van der Waals surface area contributed by atoms with E-state index in [1.165, 1.54) is 0 Å². The van der Waals surface area contributed by atoms with Crippen LogP contribution in [0.4, 0.5) is 0 Å². The zero-order valence-electron chi connectivity index (χ0n) is 13.1. The maximum absolute atomic E-state index is 11.5. The van der Waals surface area contributed by atoms with Crippen LogP contribution < -0.4 is 10.1 Å². The molecule has 22 heavy (non-hydrogen) atoms. The fourth-order valence-corrected chi connectivity index (χ4v) is 2.00. The number of amides is 1. The van der Waals surface area contributed by atoms with Crippen molar-refractivity contribution in [1.82, 2.24) is 10.2 Å². The molecule has 4 heteroatoms. The Hall–Kier alpha value is -2.33. The van der Waals surface area contributed by atoms with E-state index in [0.29, 0.717) is 19.5 Å². The molecule has 0 spiro atoms. The molecule has 0 aliphatic rings. The lowest BCUT2D eigenvalue weighted by atomic mass is 10.2. The minimum atomic E-state index is 0.133. The van der Waals surface area contributed by atoms with Crippen LogP contribution in [0.25, 0.3) is 0 Å². The van der Waals surface area contributed by atoms with Crippen LogP contribution in [0.2, 0.25) is 0 Å². The van der Waals surface area contributed by atoms with Gasteiger partial charge in [-0.3, -0.25) is 4.79 Å². The van der Waals surface area contributed by atoms with Crippen molar-refractivity contribution >= 4 is 5.91 Å². The molecule has 2 aromatic rings. The molecule has 0 atom stereocenters. The minimum absolute atomic E-state index is 0.133. The summed E-state index contributed by atoms with van der Waals surface area (Å²) in [7, 11) is 3.54. The van der Waals surface area contributed by atoms with Gasteiger partial charge in [0.25, 0.3) is 0 Å². The van der Waals surface area contributed by atoms with E-state index in [1.54, 1.807) is 19.0 Å². The molecule has 0 fully saturated rings. The monoisotopic (exact) mass is 298 g/mol. The highest BCUT2D eigenvalue weighted by molar-refractivity contribution is 5.75. The maximum atomic E-state index is 11.5. The predicted molar refractivity (Wildman–Crippen MR) is 88.0 cm³/mol. The molecule has 0 saturated carbocycles. The Bertz CT molecular complexity index is 597. The van der Waals surface area contributed by atoms with E-state index in [9.17, 15) is 4.79 Å². The Labute approximate surface area is 131 Å². The lowest BCUT2D eigenvalue weighted by Crippen LogP contribution is -2.26. The summed E-state index contributed by atoms with van der Waals surface area (Å²) in [5.74, 6) is 1.77. The highest BCUT2D eigenvalue weighted by atomic mass is 16.5. The van der Waals surface area contributed by atoms with Crippen molar-refractivity contribution in [2.45, 2.75) is 13.0 Å². The molecule has 2 rings (SSSR count). The first-order chi connectivity index (χ1) is 10.6. The standard InChI is InChI=1S/C18H22N2O2/c1-20(2)18(21)11-12-19-14-15-7-6-10-17(13-15)22-16-8-4-3-5-9-16/h3-10,13,19H,11-12,14H2,1-2H3. The number of hydrogen-bond acceptors (Lipinski definition) is 3. The summed E-state index contributed by atoms with van der Waals surface area (Å²) >= 11 is 0. The molecule has 0 aliphatic carbocycles. The Kier molecular flexibility index (Phi) is 5.98. The molecule has 1 amide bonds. The molecule has 0 saturated heterocycles. The highest BCUT2D eigenvalue weighted by Crippen LogP contribution is 2.21. The van der Waals surface area contributed by atoms with Crippen molar-refractivity contribution in [1.29, 1.82) is 0 Å². The Morgan fingerprint density at radius 1 is 1.05 bits per heavy atom. The van der Waals surface area contributed by atoms with Crippen LogP contribution in [0.3, 0.4) is 0 Å². The zero-order valence-corrected chi connectivity index (χ0v) is 13.1. The van der Waals surface area contributed by atoms with Crippen molar-refractivity contribution in [3.63, 3.8) is 0 Å². The average Bonchev–Trinajstić information content (AvgIpc) is 2.52. The zero-order chi connectivity index (χ0) is 15.8. The fraction of sp³-hybridized carbons (Fsp3) is 0.278. The number of ether oxygens (including phenoxy) is 1. The van der Waals surface area contributed by atoms with Gasteiger partial charge in [-0.15, -0.1) is 0 Å². The Morgan fingerprint density at radius 2 is 1.77 bits per heavy atom. The van der Waals surface area contributed by atoms with E-state index < -0.39 is 0 Å². The number of benzene rings is 2. The van der Waals surface area contributed by atoms with Gasteiger partial charge in [0.2, 0.25) is 5.91 Å². The summed E-state index contributed by atoms with van der Waals surface area (Å²) in [5, 5.41) is 3.28. The summed E-state index contributed by atoms with van der Waals surface area (Å²) in [4.78, 5) is 13.1. The number of rotatable bonds is 7. The van der Waals surface area contributed by atoms with Crippen molar-refractivity contribution in [2.24, 2.45) is 0 Å². The third-order valence-electron chi connectivity index (χ3n) is 3.22. The van der Waals surface area contributed by atoms with Gasteiger partial charge in [-0.1, -0.05) is 30.3 Å². The lowest BCUT2D eigenvalue weighted by molar-refractivity contribution is -0.128. The summed E-state index contributed by atoms with van der Waals surface area (Å²) < 4.78 is 5.81. The third kappa shape index (κ3) is 5.22. The average molecular weight is 298 g/mol. The molecule has 0 aliphatic heterocycles. The molecule has 0 aromatic heterocycles. The first-order valence-corrected chi connectivity index (χ1v) is 7.38. The quantitative estimate of drug-likeness (QED) is 0.799. The van der Waals surface area contributed by atoms with Gasteiger partial charge in [-0.05, 0) is 29.8 Å². The second-order valence-electron chi connectivity index (χ2n) is 5.28. The molecule has 0 unspecified atom stereocenters. The van der Waals surface area contributed by atoms with Gasteiger partial charge in [0.15, 0.2) is 0 Å². The van der Waals surface area contributed by atoms with Crippen LogP contribution in [-0.4, -0.2) is 31.4 Å². The lowest BCUT2D eigenvalue weighted by Gasteiger charge is -2.11. The van der Waals surface area contributed by atoms with Crippen LogP contribution >= 0.6 is 0 Å². The number of nitrogens with one attached hydrogen (secondary N) is 1. The topological polar surface area (TPSA) is 41.6 Å². The first kappa shape index (κ1) is 16.0. The van der Waals surface area contributed by atoms with Gasteiger partial charge >= 0.3 is 0 Å². The molecule has 116 valence electrons. The molecule has 0 radical (unpaired) electrons. The van der Waals surface area contributed by atoms with E-state index in [-0.39, 0.29) is 5.91 Å². The van der Waals surface area contributed by atoms with Crippen LogP contribution in [0.5, 0.6) is 11.5 Å². The Morgan fingerprint density at radius 3 is 2.50 bits per heavy atom. The molecule has 0 heterocycles. The molecular weight excluding hydrogens is 276 g/mol. The summed E-state index contributed by atoms with van der Waals surface area (Å²) in [6, 6.07) is 17.7. The second kappa shape index (κ2) is 8.20. The maximum Gasteiger partial charge on any atom is 0.223 e. The SMILES string of the molecule is CN(C)C(=O)CCNCc1cccc(Oc2ccccc2)c1. The summed E-state index contributed by atoms with van der Waals surface area (Å²) in [6.45, 7) is 1.38. The van der Waals surface area contributed by atoms with Crippen LogP contribution in [0.15, 0.2) is 54.6 Å². The van der Waals surface area contributed by atoms with E-state index in [2.05, 4.69) is 5.32 Å². The third-order valence-corrected chi connectivity index (χ3v) is 3.22. The highest BCUT2D eigenvalue weighted by Gasteiger charge is 2.03. The molecular formula is C18H22N2O2. The number of carbonyl (C=O) groups excluding carboxylic acids is 1. The van der Waals surface area contributed by atoms with Gasteiger partial charge in [0.05, 0.1) is 0 Å². The predicted octanol–water partition coefficient (Wildman–Crippen LogP) is 3.05. The second-order valence-corrected chi connectivity index (χ2v) is 5.28. The van der Waals surface area contributed by atoms with Crippen molar-refractivity contribution in [3.05, 3.63) is 60.2 Å². The first-order valence-electron chi connectivity index (χ1n) is 7.38.